The number of pyridine rings is 1. The van der Waals surface area contributed by atoms with Crippen molar-refractivity contribution in [3.8, 4) is 17.3 Å². The van der Waals surface area contributed by atoms with E-state index in [9.17, 15) is 24.3 Å². The van der Waals surface area contributed by atoms with Gasteiger partial charge in [-0.15, -0.1) is 6.58 Å². The van der Waals surface area contributed by atoms with E-state index in [0.29, 0.717) is 40.1 Å². The van der Waals surface area contributed by atoms with Crippen molar-refractivity contribution in [1.82, 2.24) is 30.3 Å². The summed E-state index contributed by atoms with van der Waals surface area (Å²) in [6.45, 7) is 13.3. The summed E-state index contributed by atoms with van der Waals surface area (Å²) in [7, 11) is 1.57. The first-order valence-corrected chi connectivity index (χ1v) is 19.0. The van der Waals surface area contributed by atoms with Crippen LogP contribution in [0.25, 0.3) is 16.7 Å². The number of aliphatic carboxylic acids is 1. The molecule has 8 atom stereocenters. The summed E-state index contributed by atoms with van der Waals surface area (Å²) in [6.07, 6.45) is 6.53. The maximum atomic E-state index is 14.6. The van der Waals surface area contributed by atoms with Gasteiger partial charge < -0.3 is 40.2 Å². The van der Waals surface area contributed by atoms with Crippen LogP contribution in [-0.2, 0) is 19.1 Å². The summed E-state index contributed by atoms with van der Waals surface area (Å²) >= 11 is 0. The fraction of sp³-hybridized carbons (Fsp3) is 0.550. The van der Waals surface area contributed by atoms with E-state index in [1.807, 2.05) is 46.9 Å². The van der Waals surface area contributed by atoms with Crippen LogP contribution in [0.1, 0.15) is 66.7 Å². The summed E-state index contributed by atoms with van der Waals surface area (Å²) in [5.41, 5.74) is -0.905. The standard InChI is InChI=1S/C40H51N7O8/c1-8-24-17-40(24,37(50)51)45-35(48)31-15-28(20-46(31)36(49)34(39(4,5)6)44-38(52)55-27-12-22-11-23(22)13-27)54-32-16-33(47-19-25(18-41-47)42-21(2)3)43-30-14-26(53-7)9-10-29(30)32/h8-10,14,16,18-19,21-24,27-28,31,34,42H,1,11-13,15,17,20H2,2-7H3,(H,44,52)(H,45,48)(H,50,51)/t22-,23+,24-,27?,28-,31+,34-,40-/m1/s1. The van der Waals surface area contributed by atoms with Crippen LogP contribution in [0.2, 0.25) is 0 Å². The second-order valence-electron chi connectivity index (χ2n) is 16.8. The first-order valence-electron chi connectivity index (χ1n) is 19.0. The number of benzene rings is 1. The molecule has 1 aromatic carbocycles. The fourth-order valence-electron chi connectivity index (χ4n) is 8.11. The molecule has 4 aliphatic rings. The number of aromatic nitrogens is 3. The first kappa shape index (κ1) is 38.0. The van der Waals surface area contributed by atoms with Crippen molar-refractivity contribution in [2.45, 2.75) is 103 Å². The van der Waals surface area contributed by atoms with Crippen LogP contribution in [-0.4, -0.2) is 98.2 Å². The summed E-state index contributed by atoms with van der Waals surface area (Å²) in [5, 5.41) is 24.1. The van der Waals surface area contributed by atoms with E-state index in [1.54, 1.807) is 36.2 Å². The van der Waals surface area contributed by atoms with Gasteiger partial charge in [-0.3, -0.25) is 9.59 Å². The van der Waals surface area contributed by atoms with Crippen LogP contribution in [0, 0.1) is 23.2 Å². The molecule has 3 heterocycles. The lowest BCUT2D eigenvalue weighted by Gasteiger charge is -2.35. The lowest BCUT2D eigenvalue weighted by Crippen LogP contribution is -2.59. The Morgan fingerprint density at radius 3 is 2.45 bits per heavy atom. The van der Waals surface area contributed by atoms with E-state index in [0.717, 1.165) is 18.5 Å². The minimum atomic E-state index is -1.51. The van der Waals surface area contributed by atoms with Crippen molar-refractivity contribution < 1.29 is 38.5 Å². The van der Waals surface area contributed by atoms with Crippen LogP contribution in [0.15, 0.2) is 49.3 Å². The summed E-state index contributed by atoms with van der Waals surface area (Å²) < 4.78 is 19.5. The van der Waals surface area contributed by atoms with Crippen molar-refractivity contribution in [1.29, 1.82) is 0 Å². The highest BCUT2D eigenvalue weighted by Crippen LogP contribution is 2.52. The maximum Gasteiger partial charge on any atom is 0.408 e. The predicted octanol–water partition coefficient (Wildman–Crippen LogP) is 4.68. The van der Waals surface area contributed by atoms with Crippen molar-refractivity contribution in [2.24, 2.45) is 23.2 Å². The number of nitrogens with one attached hydrogen (secondary N) is 3. The highest BCUT2D eigenvalue weighted by Gasteiger charge is 2.61. The number of hydrogen-bond acceptors (Lipinski definition) is 10. The number of likely N-dealkylation sites (tertiary alicyclic amines) is 1. The molecular formula is C40H51N7O8. The molecule has 15 heteroatoms. The Bertz CT molecular complexity index is 2000. The Kier molecular flexibility index (Phi) is 9.93. The molecule has 2 aromatic heterocycles. The lowest BCUT2D eigenvalue weighted by molar-refractivity contribution is -0.146. The molecule has 3 aromatic rings. The number of rotatable bonds is 13. The quantitative estimate of drug-likeness (QED) is 0.178. The van der Waals surface area contributed by atoms with Gasteiger partial charge in [-0.25, -0.2) is 19.3 Å². The molecule has 55 heavy (non-hydrogen) atoms. The normalized spacial score (nSPS) is 27.2. The molecule has 3 aliphatic carbocycles. The van der Waals surface area contributed by atoms with Gasteiger partial charge in [0.1, 0.15) is 41.3 Å². The van der Waals surface area contributed by atoms with E-state index in [4.69, 9.17) is 19.2 Å². The van der Waals surface area contributed by atoms with Gasteiger partial charge >= 0.3 is 12.1 Å². The molecule has 1 aliphatic heterocycles. The predicted molar refractivity (Wildman–Crippen MR) is 203 cm³/mol. The minimum absolute atomic E-state index is 0.0172. The largest absolute Gasteiger partial charge is 0.497 e. The molecule has 4 fully saturated rings. The molecule has 1 saturated heterocycles. The highest BCUT2D eigenvalue weighted by molar-refractivity contribution is 5.96. The Morgan fingerprint density at radius 1 is 1.07 bits per heavy atom. The average molecular weight is 758 g/mol. The van der Waals surface area contributed by atoms with Crippen LogP contribution in [0.3, 0.4) is 0 Å². The lowest BCUT2D eigenvalue weighted by atomic mass is 9.85. The van der Waals surface area contributed by atoms with E-state index in [2.05, 4.69) is 27.6 Å². The number of carboxylic acids is 1. The summed E-state index contributed by atoms with van der Waals surface area (Å²) in [5.74, 6) is -0.0460. The SMILES string of the molecule is C=C[C@@H]1C[C@]1(NC(=O)[C@@H]1C[C@@H](Oc2cc(-n3cc(NC(C)C)cn3)nc3cc(OC)ccc23)CN1C(=O)[C@@H](NC(=O)OC1C[C@@H]2C[C@@H]2C1)C(C)(C)C)C(=O)O. The molecule has 7 rings (SSSR count). The van der Waals surface area contributed by atoms with Crippen molar-refractivity contribution >= 4 is 40.5 Å². The summed E-state index contributed by atoms with van der Waals surface area (Å²) in [4.78, 5) is 60.6. The van der Waals surface area contributed by atoms with Gasteiger partial charge in [-0.05, 0) is 68.9 Å². The van der Waals surface area contributed by atoms with Crippen LogP contribution >= 0.6 is 0 Å². The van der Waals surface area contributed by atoms with Crippen LogP contribution in [0.5, 0.6) is 11.5 Å². The van der Waals surface area contributed by atoms with Crippen LogP contribution < -0.4 is 25.4 Å². The Labute approximate surface area is 320 Å². The van der Waals surface area contributed by atoms with Gasteiger partial charge in [0.25, 0.3) is 0 Å². The molecule has 15 nitrogen and oxygen atoms in total. The molecule has 0 radical (unpaired) electrons. The smallest absolute Gasteiger partial charge is 0.408 e. The van der Waals surface area contributed by atoms with Gasteiger partial charge in [0.2, 0.25) is 11.8 Å². The number of alkyl carbamates (subject to hydrolysis) is 1. The van der Waals surface area contributed by atoms with Crippen molar-refractivity contribution in [3.63, 3.8) is 0 Å². The number of amides is 3. The minimum Gasteiger partial charge on any atom is -0.497 e. The average Bonchev–Trinajstić information content (AvgIpc) is 3.79. The molecule has 0 spiro atoms. The second kappa shape index (κ2) is 14.4. The van der Waals surface area contributed by atoms with Crippen molar-refractivity contribution in [3.05, 3.63) is 49.3 Å². The van der Waals surface area contributed by atoms with E-state index in [-0.39, 0.29) is 31.5 Å². The molecule has 1 unspecified atom stereocenters. The zero-order valence-corrected chi connectivity index (χ0v) is 32.2. The topological polar surface area (TPSA) is 186 Å². The molecule has 0 bridgehead atoms. The number of ether oxygens (including phenoxy) is 3. The Morgan fingerprint density at radius 2 is 1.82 bits per heavy atom. The number of fused-ring (bicyclic) bond motifs is 2. The first-order chi connectivity index (χ1) is 26.1. The zero-order valence-electron chi connectivity index (χ0n) is 32.2. The van der Waals surface area contributed by atoms with Gasteiger partial charge in [0, 0.05) is 35.9 Å². The van der Waals surface area contributed by atoms with Gasteiger partial charge in [-0.1, -0.05) is 26.8 Å². The molecule has 3 amide bonds. The third kappa shape index (κ3) is 7.78. The molecule has 3 saturated carbocycles. The van der Waals surface area contributed by atoms with E-state index >= 15 is 0 Å². The molecular weight excluding hydrogens is 706 g/mol. The van der Waals surface area contributed by atoms with E-state index < -0.39 is 58.9 Å². The molecule has 4 N–H and O–H groups in total. The number of hydrogen-bond donors (Lipinski definition) is 4. The van der Waals surface area contributed by atoms with Gasteiger partial charge in [0.05, 0.1) is 37.3 Å². The summed E-state index contributed by atoms with van der Waals surface area (Å²) in [6, 6.07) is 5.18. The number of anilines is 1. The Balaban J connectivity index is 1.19. The maximum absolute atomic E-state index is 14.6. The third-order valence-corrected chi connectivity index (χ3v) is 11.3. The number of carboxylic acid groups (broad SMARTS) is 1. The fourth-order valence-corrected chi connectivity index (χ4v) is 8.11. The zero-order chi connectivity index (χ0) is 39.4. The number of methoxy groups -OCH3 is 1. The number of carbonyl (C=O) groups excluding carboxylic acids is 3. The third-order valence-electron chi connectivity index (χ3n) is 11.3. The van der Waals surface area contributed by atoms with Crippen LogP contribution in [0.4, 0.5) is 10.5 Å². The monoisotopic (exact) mass is 757 g/mol. The number of carbonyl (C=O) groups is 4. The van der Waals surface area contributed by atoms with E-state index in [1.165, 1.54) is 17.4 Å². The highest BCUT2D eigenvalue weighted by atomic mass is 16.6. The Hall–Kier alpha value is -5.34. The van der Waals surface area contributed by atoms with Gasteiger partial charge in [-0.2, -0.15) is 5.10 Å². The number of nitrogens with zero attached hydrogens (tertiary/aromatic N) is 4. The molecule has 294 valence electrons. The van der Waals surface area contributed by atoms with Crippen molar-refractivity contribution in [2.75, 3.05) is 19.0 Å². The van der Waals surface area contributed by atoms with Gasteiger partial charge in [0.15, 0.2) is 5.82 Å². The second-order valence-corrected chi connectivity index (χ2v) is 16.8.